The van der Waals surface area contributed by atoms with Crippen LogP contribution >= 0.6 is 0 Å². The van der Waals surface area contributed by atoms with E-state index < -0.39 is 12.1 Å². The molecule has 0 fully saturated rings. The molecule has 0 saturated carbocycles. The average molecular weight is 340 g/mol. The van der Waals surface area contributed by atoms with Crippen molar-refractivity contribution < 1.29 is 14.3 Å². The van der Waals surface area contributed by atoms with Gasteiger partial charge in [0.2, 0.25) is 5.78 Å². The highest BCUT2D eigenvalue weighted by Gasteiger charge is 2.19. The second kappa shape index (κ2) is 7.47. The van der Waals surface area contributed by atoms with Crippen LogP contribution in [0.25, 0.3) is 6.08 Å². The Hall–Kier alpha value is -2.69. The lowest BCUT2D eigenvalue weighted by molar-refractivity contribution is -0.140. The quantitative estimate of drug-likeness (QED) is 0.475. The Kier molecular flexibility index (Phi) is 5.57. The van der Waals surface area contributed by atoms with Gasteiger partial charge < -0.3 is 4.74 Å². The lowest BCUT2D eigenvalue weighted by Crippen LogP contribution is -2.23. The molecule has 132 valence electrons. The molecule has 5 nitrogen and oxygen atoms in total. The normalized spacial score (nSPS) is 12.4. The zero-order chi connectivity index (χ0) is 18.7. The van der Waals surface area contributed by atoms with Crippen molar-refractivity contribution in [1.29, 1.82) is 0 Å². The number of Topliss-reactive ketones (excluding diaryl/α,β-unsaturated/α-hetero) is 1. The largest absolute Gasteiger partial charge is 0.451 e. The maximum absolute atomic E-state index is 12.4. The third-order valence-corrected chi connectivity index (χ3v) is 4.40. The Morgan fingerprint density at radius 1 is 1.16 bits per heavy atom. The number of hydrogen-bond acceptors (Lipinski definition) is 4. The van der Waals surface area contributed by atoms with E-state index in [4.69, 9.17) is 4.74 Å². The van der Waals surface area contributed by atoms with Gasteiger partial charge in [0.1, 0.15) is 0 Å². The van der Waals surface area contributed by atoms with Gasteiger partial charge in [-0.15, -0.1) is 0 Å². The lowest BCUT2D eigenvalue weighted by atomic mass is 10.0. The van der Waals surface area contributed by atoms with Crippen LogP contribution in [0, 0.1) is 27.7 Å². The topological polar surface area (TPSA) is 61.2 Å². The molecule has 5 heteroatoms. The van der Waals surface area contributed by atoms with Gasteiger partial charge in [0, 0.05) is 29.9 Å². The summed E-state index contributed by atoms with van der Waals surface area (Å²) in [5.41, 5.74) is 5.38. The number of rotatable bonds is 5. The van der Waals surface area contributed by atoms with E-state index in [-0.39, 0.29) is 5.78 Å². The van der Waals surface area contributed by atoms with Crippen molar-refractivity contribution in [3.8, 4) is 0 Å². The molecular weight excluding hydrogens is 316 g/mol. The van der Waals surface area contributed by atoms with Gasteiger partial charge in [-0.2, -0.15) is 5.10 Å². The maximum Gasteiger partial charge on any atom is 0.331 e. The Labute approximate surface area is 148 Å². The summed E-state index contributed by atoms with van der Waals surface area (Å²) < 4.78 is 7.00. The number of ether oxygens (including phenoxy) is 1. The van der Waals surface area contributed by atoms with Gasteiger partial charge in [0.05, 0.1) is 5.69 Å². The Bertz CT molecular complexity index is 847. The van der Waals surface area contributed by atoms with Crippen molar-refractivity contribution in [1.82, 2.24) is 9.78 Å². The van der Waals surface area contributed by atoms with Crippen molar-refractivity contribution >= 4 is 17.8 Å². The van der Waals surface area contributed by atoms with Crippen LogP contribution in [0.4, 0.5) is 0 Å². The van der Waals surface area contributed by atoms with Crippen molar-refractivity contribution in [2.24, 2.45) is 7.05 Å². The molecular formula is C20H24N2O3. The summed E-state index contributed by atoms with van der Waals surface area (Å²) in [4.78, 5) is 24.4. The Morgan fingerprint density at radius 2 is 1.84 bits per heavy atom. The van der Waals surface area contributed by atoms with Crippen LogP contribution in [0.15, 0.2) is 24.3 Å². The fourth-order valence-electron chi connectivity index (χ4n) is 2.58. The third kappa shape index (κ3) is 4.24. The van der Waals surface area contributed by atoms with Gasteiger partial charge in [0.15, 0.2) is 6.10 Å². The van der Waals surface area contributed by atoms with Crippen LogP contribution in [0.1, 0.15) is 45.4 Å². The van der Waals surface area contributed by atoms with Gasteiger partial charge in [-0.05, 0) is 57.9 Å². The monoisotopic (exact) mass is 340 g/mol. The summed E-state index contributed by atoms with van der Waals surface area (Å²) in [7, 11) is 1.85. The molecule has 2 rings (SSSR count). The lowest BCUT2D eigenvalue weighted by Gasteiger charge is -2.12. The number of ketones is 1. The minimum absolute atomic E-state index is 0.210. The summed E-state index contributed by atoms with van der Waals surface area (Å²) in [6.45, 7) is 9.33. The van der Waals surface area contributed by atoms with E-state index in [1.165, 1.54) is 6.08 Å². The van der Waals surface area contributed by atoms with E-state index in [9.17, 15) is 9.59 Å². The second-order valence-electron chi connectivity index (χ2n) is 6.28. The van der Waals surface area contributed by atoms with E-state index in [0.717, 1.165) is 28.1 Å². The van der Waals surface area contributed by atoms with Crippen LogP contribution in [-0.2, 0) is 16.6 Å². The van der Waals surface area contributed by atoms with E-state index in [2.05, 4.69) is 5.10 Å². The minimum atomic E-state index is -0.838. The van der Waals surface area contributed by atoms with E-state index >= 15 is 0 Å². The predicted octanol–water partition coefficient (Wildman–Crippen LogP) is 3.48. The SMILES string of the molecule is Cc1ccc(C(=O)[C@@H](C)OC(=O)/C=C/c2c(C)nn(C)c2C)cc1C. The molecule has 2 aromatic rings. The first-order valence-corrected chi connectivity index (χ1v) is 8.21. The molecule has 0 aliphatic heterocycles. The molecule has 0 saturated heterocycles. The van der Waals surface area contributed by atoms with E-state index in [0.29, 0.717) is 5.56 Å². The molecule has 0 aliphatic rings. The van der Waals surface area contributed by atoms with Gasteiger partial charge in [-0.3, -0.25) is 9.48 Å². The molecule has 1 heterocycles. The van der Waals surface area contributed by atoms with Gasteiger partial charge in [-0.1, -0.05) is 12.1 Å². The zero-order valence-electron chi connectivity index (χ0n) is 15.6. The molecule has 25 heavy (non-hydrogen) atoms. The van der Waals surface area contributed by atoms with Crippen LogP contribution < -0.4 is 0 Å². The molecule has 0 N–H and O–H groups in total. The fraction of sp³-hybridized carbons (Fsp3) is 0.350. The highest BCUT2D eigenvalue weighted by Crippen LogP contribution is 2.15. The van der Waals surface area contributed by atoms with E-state index in [1.54, 1.807) is 23.7 Å². The first-order chi connectivity index (χ1) is 11.7. The van der Waals surface area contributed by atoms with E-state index in [1.807, 2.05) is 46.9 Å². The van der Waals surface area contributed by atoms with Crippen molar-refractivity contribution in [3.63, 3.8) is 0 Å². The smallest absolute Gasteiger partial charge is 0.331 e. The summed E-state index contributed by atoms with van der Waals surface area (Å²) in [6, 6.07) is 5.47. The van der Waals surface area contributed by atoms with Crippen LogP contribution in [0.2, 0.25) is 0 Å². The van der Waals surface area contributed by atoms with Gasteiger partial charge in [-0.25, -0.2) is 4.79 Å². The second-order valence-corrected chi connectivity index (χ2v) is 6.28. The van der Waals surface area contributed by atoms with Crippen LogP contribution in [0.5, 0.6) is 0 Å². The zero-order valence-corrected chi connectivity index (χ0v) is 15.6. The number of carbonyl (C=O) groups is 2. The minimum Gasteiger partial charge on any atom is -0.451 e. The molecule has 0 unspecified atom stereocenters. The molecule has 0 spiro atoms. The molecule has 0 amide bonds. The standard InChI is InChI=1S/C20H24N2O3/c1-12-7-8-17(11-13(12)2)20(24)16(5)25-19(23)10-9-18-14(3)21-22(6)15(18)4/h7-11,16H,1-6H3/b10-9+/t16-/m1/s1. The Balaban J connectivity index is 2.05. The molecule has 0 bridgehead atoms. The Morgan fingerprint density at radius 3 is 2.40 bits per heavy atom. The highest BCUT2D eigenvalue weighted by molar-refractivity contribution is 6.01. The third-order valence-electron chi connectivity index (χ3n) is 4.40. The first-order valence-electron chi connectivity index (χ1n) is 8.21. The molecule has 1 atom stereocenters. The fourth-order valence-corrected chi connectivity index (χ4v) is 2.58. The van der Waals surface area contributed by atoms with Gasteiger partial charge >= 0.3 is 5.97 Å². The van der Waals surface area contributed by atoms with Crippen molar-refractivity contribution in [3.05, 3.63) is 57.9 Å². The van der Waals surface area contributed by atoms with Crippen molar-refractivity contribution in [2.45, 2.75) is 40.7 Å². The first kappa shape index (κ1) is 18.6. The molecule has 0 aliphatic carbocycles. The molecule has 1 aromatic carbocycles. The summed E-state index contributed by atoms with van der Waals surface area (Å²) in [5, 5.41) is 4.29. The molecule has 0 radical (unpaired) electrons. The summed E-state index contributed by atoms with van der Waals surface area (Å²) >= 11 is 0. The van der Waals surface area contributed by atoms with Crippen LogP contribution in [-0.4, -0.2) is 27.6 Å². The predicted molar refractivity (Wildman–Crippen MR) is 97.5 cm³/mol. The summed E-state index contributed by atoms with van der Waals surface area (Å²) in [5.74, 6) is -0.758. The number of nitrogens with zero attached hydrogens (tertiary/aromatic N) is 2. The number of hydrogen-bond donors (Lipinski definition) is 0. The summed E-state index contributed by atoms with van der Waals surface area (Å²) in [6.07, 6.45) is 2.17. The molecule has 1 aromatic heterocycles. The number of carbonyl (C=O) groups excluding carboxylic acids is 2. The number of aromatic nitrogens is 2. The number of esters is 1. The van der Waals surface area contributed by atoms with Crippen molar-refractivity contribution in [2.75, 3.05) is 0 Å². The van der Waals surface area contributed by atoms with Crippen LogP contribution in [0.3, 0.4) is 0 Å². The van der Waals surface area contributed by atoms with Gasteiger partial charge in [0.25, 0.3) is 0 Å². The number of benzene rings is 1. The number of aryl methyl sites for hydroxylation is 4. The average Bonchev–Trinajstić information content (AvgIpc) is 2.80. The highest BCUT2D eigenvalue weighted by atomic mass is 16.5. The maximum atomic E-state index is 12.4.